The average molecular weight is 224 g/mol. The van der Waals surface area contributed by atoms with Crippen molar-refractivity contribution in [3.8, 4) is 11.5 Å². The molecule has 0 spiro atoms. The molecule has 5 heteroatoms. The van der Waals surface area contributed by atoms with Gasteiger partial charge in [0.15, 0.2) is 0 Å². The van der Waals surface area contributed by atoms with Crippen LogP contribution >= 0.6 is 0 Å². The van der Waals surface area contributed by atoms with Gasteiger partial charge in [-0.15, -0.1) is 0 Å². The van der Waals surface area contributed by atoms with Gasteiger partial charge in [-0.3, -0.25) is 0 Å². The van der Waals surface area contributed by atoms with E-state index in [1.54, 1.807) is 0 Å². The van der Waals surface area contributed by atoms with Gasteiger partial charge < -0.3 is 19.7 Å². The van der Waals surface area contributed by atoms with Gasteiger partial charge in [0, 0.05) is 12.5 Å². The molecular formula is C11H12O5. The molecule has 2 N–H and O–H groups in total. The van der Waals surface area contributed by atoms with Crippen molar-refractivity contribution in [1.82, 2.24) is 0 Å². The topological polar surface area (TPSA) is 83.8 Å². The Balaban J connectivity index is 3.10. The molecule has 16 heavy (non-hydrogen) atoms. The minimum Gasteiger partial charge on any atom is -0.508 e. The van der Waals surface area contributed by atoms with E-state index in [4.69, 9.17) is 0 Å². The van der Waals surface area contributed by atoms with Crippen LogP contribution in [0.5, 0.6) is 11.5 Å². The summed E-state index contributed by atoms with van der Waals surface area (Å²) in [7, 11) is 1.19. The van der Waals surface area contributed by atoms with E-state index in [1.165, 1.54) is 13.2 Å². The molecule has 0 fully saturated rings. The second-order valence-electron chi connectivity index (χ2n) is 3.19. The van der Waals surface area contributed by atoms with E-state index in [9.17, 15) is 19.8 Å². The summed E-state index contributed by atoms with van der Waals surface area (Å²) < 4.78 is 4.47. The molecule has 0 unspecified atom stereocenters. The van der Waals surface area contributed by atoms with Gasteiger partial charge in [0.2, 0.25) is 0 Å². The number of hydrogen-bond acceptors (Lipinski definition) is 5. The summed E-state index contributed by atoms with van der Waals surface area (Å²) in [4.78, 5) is 21.4. The largest absolute Gasteiger partial charge is 0.508 e. The highest BCUT2D eigenvalue weighted by Gasteiger charge is 2.15. The van der Waals surface area contributed by atoms with Crippen LogP contribution in [0, 0.1) is 0 Å². The molecule has 0 saturated heterocycles. The normalized spacial score (nSPS) is 9.81. The Morgan fingerprint density at radius 2 is 2.06 bits per heavy atom. The lowest BCUT2D eigenvalue weighted by Crippen LogP contribution is -2.03. The Kier molecular flexibility index (Phi) is 3.88. The monoisotopic (exact) mass is 224 g/mol. The van der Waals surface area contributed by atoms with Crippen LogP contribution < -0.4 is 0 Å². The van der Waals surface area contributed by atoms with Gasteiger partial charge in [-0.05, 0) is 18.1 Å². The van der Waals surface area contributed by atoms with E-state index in [1.807, 2.05) is 0 Å². The fourth-order valence-electron chi connectivity index (χ4n) is 1.31. The number of rotatable bonds is 4. The molecule has 0 radical (unpaired) electrons. The molecule has 0 aliphatic heterocycles. The molecular weight excluding hydrogens is 212 g/mol. The fourth-order valence-corrected chi connectivity index (χ4v) is 1.31. The predicted molar refractivity (Wildman–Crippen MR) is 55.5 cm³/mol. The zero-order chi connectivity index (χ0) is 12.1. The second kappa shape index (κ2) is 5.16. The van der Waals surface area contributed by atoms with E-state index in [0.29, 0.717) is 18.3 Å². The Labute approximate surface area is 92.3 Å². The number of phenols is 2. The molecule has 0 saturated carbocycles. The van der Waals surface area contributed by atoms with Crippen molar-refractivity contribution in [3.05, 3.63) is 23.3 Å². The summed E-state index contributed by atoms with van der Waals surface area (Å²) in [6, 6.07) is 2.38. The first-order valence-corrected chi connectivity index (χ1v) is 4.67. The van der Waals surface area contributed by atoms with E-state index < -0.39 is 5.97 Å². The first-order valence-electron chi connectivity index (χ1n) is 4.67. The van der Waals surface area contributed by atoms with Gasteiger partial charge in [0.1, 0.15) is 23.3 Å². The Morgan fingerprint density at radius 1 is 1.38 bits per heavy atom. The molecule has 0 aromatic heterocycles. The molecule has 0 heterocycles. The van der Waals surface area contributed by atoms with Crippen molar-refractivity contribution < 1.29 is 24.5 Å². The van der Waals surface area contributed by atoms with Crippen LogP contribution in [0.25, 0.3) is 0 Å². The van der Waals surface area contributed by atoms with Gasteiger partial charge in [-0.2, -0.15) is 0 Å². The number of aryl methyl sites for hydroxylation is 1. The van der Waals surface area contributed by atoms with Crippen LogP contribution in [-0.2, 0) is 16.0 Å². The fraction of sp³-hybridized carbons (Fsp3) is 0.273. The van der Waals surface area contributed by atoms with Crippen LogP contribution in [0.2, 0.25) is 0 Å². The number of methoxy groups -OCH3 is 1. The quantitative estimate of drug-likeness (QED) is 0.589. The molecule has 1 aromatic carbocycles. The molecule has 5 nitrogen and oxygen atoms in total. The number of phenolic OH excluding ortho intramolecular Hbond substituents is 2. The number of carbonyl (C=O) groups excluding carboxylic acids is 2. The zero-order valence-electron chi connectivity index (χ0n) is 8.77. The summed E-state index contributed by atoms with van der Waals surface area (Å²) in [6.07, 6.45) is 1.25. The number of aldehydes is 1. The van der Waals surface area contributed by atoms with Crippen LogP contribution in [0.1, 0.15) is 22.3 Å². The van der Waals surface area contributed by atoms with Crippen molar-refractivity contribution in [3.63, 3.8) is 0 Å². The van der Waals surface area contributed by atoms with E-state index in [-0.39, 0.29) is 23.5 Å². The summed E-state index contributed by atoms with van der Waals surface area (Å²) >= 11 is 0. The lowest BCUT2D eigenvalue weighted by molar-refractivity contribution is -0.107. The molecule has 86 valence electrons. The summed E-state index contributed by atoms with van der Waals surface area (Å²) in [5, 5.41) is 18.9. The molecule has 0 amide bonds. The Bertz CT molecular complexity index is 411. The third-order valence-corrected chi connectivity index (χ3v) is 2.13. The molecule has 1 rings (SSSR count). The van der Waals surface area contributed by atoms with Gasteiger partial charge in [0.25, 0.3) is 0 Å². The van der Waals surface area contributed by atoms with Crippen LogP contribution in [-0.4, -0.2) is 29.6 Å². The standard InChI is InChI=1S/C11H12O5/c1-16-11(15)8-5-7(3-2-4-12)9(13)6-10(8)14/h4-6,13-14H,2-3H2,1H3. The molecule has 0 aliphatic rings. The minimum absolute atomic E-state index is 0.0267. The van der Waals surface area contributed by atoms with Crippen LogP contribution in [0.3, 0.4) is 0 Å². The zero-order valence-corrected chi connectivity index (χ0v) is 8.77. The highest BCUT2D eigenvalue weighted by atomic mass is 16.5. The first-order chi connectivity index (χ1) is 7.60. The summed E-state index contributed by atoms with van der Waals surface area (Å²) in [6.45, 7) is 0. The number of hydrogen-bond donors (Lipinski definition) is 2. The molecule has 1 aromatic rings. The van der Waals surface area contributed by atoms with Crippen molar-refractivity contribution in [2.45, 2.75) is 12.8 Å². The molecule has 0 atom stereocenters. The maximum Gasteiger partial charge on any atom is 0.341 e. The maximum atomic E-state index is 11.2. The smallest absolute Gasteiger partial charge is 0.341 e. The summed E-state index contributed by atoms with van der Waals surface area (Å²) in [5.74, 6) is -1.18. The van der Waals surface area contributed by atoms with E-state index >= 15 is 0 Å². The Morgan fingerprint density at radius 3 is 2.62 bits per heavy atom. The van der Waals surface area contributed by atoms with Gasteiger partial charge in [0.05, 0.1) is 7.11 Å². The number of aromatic hydroxyl groups is 2. The predicted octanol–water partition coefficient (Wildman–Crippen LogP) is 1.02. The van der Waals surface area contributed by atoms with Gasteiger partial charge in [-0.1, -0.05) is 0 Å². The second-order valence-corrected chi connectivity index (χ2v) is 3.19. The Hall–Kier alpha value is -2.04. The number of ether oxygens (including phenoxy) is 1. The summed E-state index contributed by atoms with van der Waals surface area (Å²) in [5.41, 5.74) is 0.395. The first kappa shape index (κ1) is 12.0. The SMILES string of the molecule is COC(=O)c1cc(CCC=O)c(O)cc1O. The van der Waals surface area contributed by atoms with Gasteiger partial charge >= 0.3 is 5.97 Å². The number of carbonyl (C=O) groups is 2. The molecule has 0 aliphatic carbocycles. The van der Waals surface area contributed by atoms with Gasteiger partial charge in [-0.25, -0.2) is 4.79 Å². The highest BCUT2D eigenvalue weighted by Crippen LogP contribution is 2.28. The van der Waals surface area contributed by atoms with E-state index in [2.05, 4.69) is 4.74 Å². The van der Waals surface area contributed by atoms with E-state index in [0.717, 1.165) is 6.07 Å². The minimum atomic E-state index is -0.690. The number of benzene rings is 1. The highest BCUT2D eigenvalue weighted by molar-refractivity contribution is 5.92. The number of esters is 1. The van der Waals surface area contributed by atoms with Crippen molar-refractivity contribution in [2.75, 3.05) is 7.11 Å². The lowest BCUT2D eigenvalue weighted by atomic mass is 10.0. The van der Waals surface area contributed by atoms with Crippen molar-refractivity contribution in [1.29, 1.82) is 0 Å². The third-order valence-electron chi connectivity index (χ3n) is 2.13. The third kappa shape index (κ3) is 2.50. The van der Waals surface area contributed by atoms with Crippen LogP contribution in [0.4, 0.5) is 0 Å². The van der Waals surface area contributed by atoms with Crippen molar-refractivity contribution >= 4 is 12.3 Å². The lowest BCUT2D eigenvalue weighted by Gasteiger charge is -2.07. The van der Waals surface area contributed by atoms with Crippen molar-refractivity contribution in [2.24, 2.45) is 0 Å². The molecule has 0 bridgehead atoms. The maximum absolute atomic E-state index is 11.2. The average Bonchev–Trinajstić information content (AvgIpc) is 2.27. The van der Waals surface area contributed by atoms with Crippen LogP contribution in [0.15, 0.2) is 12.1 Å².